The quantitative estimate of drug-likeness (QED) is 0.768. The van der Waals surface area contributed by atoms with E-state index in [1.165, 1.54) is 6.42 Å². The summed E-state index contributed by atoms with van der Waals surface area (Å²) in [6, 6.07) is 8.29. The molecule has 6 heteroatoms. The van der Waals surface area contributed by atoms with Gasteiger partial charge in [0.15, 0.2) is 5.82 Å². The van der Waals surface area contributed by atoms with Gasteiger partial charge in [-0.3, -0.25) is 0 Å². The van der Waals surface area contributed by atoms with Crippen LogP contribution in [0.3, 0.4) is 0 Å². The molecule has 1 fully saturated rings. The van der Waals surface area contributed by atoms with Crippen molar-refractivity contribution in [2.24, 2.45) is 0 Å². The first kappa shape index (κ1) is 16.4. The number of rotatable bonds is 3. The minimum Gasteiger partial charge on any atom is -0.383 e. The molecule has 138 valence electrons. The second-order valence-corrected chi connectivity index (χ2v) is 7.32. The van der Waals surface area contributed by atoms with Crippen LogP contribution in [0.5, 0.6) is 0 Å². The van der Waals surface area contributed by atoms with E-state index in [0.29, 0.717) is 11.6 Å². The van der Waals surface area contributed by atoms with E-state index >= 15 is 0 Å². The summed E-state index contributed by atoms with van der Waals surface area (Å²) in [4.78, 5) is 9.24. The van der Waals surface area contributed by atoms with Gasteiger partial charge >= 0.3 is 0 Å². The van der Waals surface area contributed by atoms with E-state index in [1.54, 1.807) is 0 Å². The molecule has 2 N–H and O–H groups in total. The van der Waals surface area contributed by atoms with Gasteiger partial charge in [0.1, 0.15) is 12.0 Å². The molecule has 1 atom stereocenters. The SMILES string of the molecule is Nc1nc(-c2ccc(-c3cnn(C4CCCCO4)c3)cc2)nc2c1CCC2. The Balaban J connectivity index is 1.39. The Labute approximate surface area is 158 Å². The highest BCUT2D eigenvalue weighted by Gasteiger charge is 2.19. The average Bonchev–Trinajstić information content (AvgIpc) is 3.39. The van der Waals surface area contributed by atoms with Crippen LogP contribution < -0.4 is 5.73 Å². The van der Waals surface area contributed by atoms with E-state index in [9.17, 15) is 0 Å². The minimum absolute atomic E-state index is 0.0644. The second kappa shape index (κ2) is 6.78. The number of nitrogens with two attached hydrogens (primary N) is 1. The predicted molar refractivity (Wildman–Crippen MR) is 104 cm³/mol. The van der Waals surface area contributed by atoms with Crippen LogP contribution in [-0.4, -0.2) is 26.4 Å². The molecular formula is C21H23N5O. The fourth-order valence-corrected chi connectivity index (χ4v) is 3.98. The van der Waals surface area contributed by atoms with Crippen LogP contribution in [0.4, 0.5) is 5.82 Å². The Morgan fingerprint density at radius 3 is 2.63 bits per heavy atom. The number of nitrogens with zero attached hydrogens (tertiary/aromatic N) is 4. The molecule has 1 aliphatic heterocycles. The van der Waals surface area contributed by atoms with Gasteiger partial charge in [0.25, 0.3) is 0 Å². The fourth-order valence-electron chi connectivity index (χ4n) is 3.98. The van der Waals surface area contributed by atoms with Crippen LogP contribution in [-0.2, 0) is 17.6 Å². The summed E-state index contributed by atoms with van der Waals surface area (Å²) in [5.41, 5.74) is 11.6. The lowest BCUT2D eigenvalue weighted by atomic mass is 10.1. The third kappa shape index (κ3) is 3.10. The highest BCUT2D eigenvalue weighted by molar-refractivity contribution is 5.67. The first-order chi connectivity index (χ1) is 13.3. The standard InChI is InChI=1S/C21H23N5O/c22-20-17-4-3-5-18(17)24-21(25-20)15-9-7-14(8-10-15)16-12-23-26(13-16)19-6-1-2-11-27-19/h7-10,12-13,19H,1-6,11H2,(H2,22,24,25). The predicted octanol–water partition coefficient (Wildman–Crippen LogP) is 3.78. The summed E-state index contributed by atoms with van der Waals surface area (Å²) < 4.78 is 7.75. The normalized spacial score (nSPS) is 19.2. The molecule has 1 aromatic carbocycles. The molecule has 2 aromatic heterocycles. The smallest absolute Gasteiger partial charge is 0.161 e. The van der Waals surface area contributed by atoms with Crippen LogP contribution in [0.2, 0.25) is 0 Å². The molecule has 5 rings (SSSR count). The van der Waals surface area contributed by atoms with Crippen LogP contribution in [0.15, 0.2) is 36.7 Å². The first-order valence-electron chi connectivity index (χ1n) is 9.70. The van der Waals surface area contributed by atoms with Gasteiger partial charge in [-0.25, -0.2) is 14.6 Å². The van der Waals surface area contributed by atoms with Crippen molar-refractivity contribution in [2.75, 3.05) is 12.3 Å². The molecule has 6 nitrogen and oxygen atoms in total. The summed E-state index contributed by atoms with van der Waals surface area (Å²) in [6.07, 6.45) is 10.5. The summed E-state index contributed by atoms with van der Waals surface area (Å²) in [7, 11) is 0. The molecule has 1 aliphatic carbocycles. The van der Waals surface area contributed by atoms with Crippen molar-refractivity contribution in [1.82, 2.24) is 19.7 Å². The molecule has 27 heavy (non-hydrogen) atoms. The number of ether oxygens (including phenoxy) is 1. The zero-order valence-corrected chi connectivity index (χ0v) is 15.3. The van der Waals surface area contributed by atoms with Crippen molar-refractivity contribution in [3.8, 4) is 22.5 Å². The van der Waals surface area contributed by atoms with Crippen LogP contribution in [0, 0.1) is 0 Å². The Hall–Kier alpha value is -2.73. The summed E-state index contributed by atoms with van der Waals surface area (Å²) in [6.45, 7) is 0.818. The highest BCUT2D eigenvalue weighted by atomic mass is 16.5. The summed E-state index contributed by atoms with van der Waals surface area (Å²) in [5.74, 6) is 1.34. The van der Waals surface area contributed by atoms with Crippen molar-refractivity contribution >= 4 is 5.82 Å². The molecule has 3 heterocycles. The van der Waals surface area contributed by atoms with Gasteiger partial charge in [-0.1, -0.05) is 24.3 Å². The van der Waals surface area contributed by atoms with Crippen molar-refractivity contribution in [2.45, 2.75) is 44.8 Å². The molecule has 2 aliphatic rings. The lowest BCUT2D eigenvalue weighted by molar-refractivity contribution is -0.0394. The fraction of sp³-hybridized carbons (Fsp3) is 0.381. The number of fused-ring (bicyclic) bond motifs is 1. The second-order valence-electron chi connectivity index (χ2n) is 7.32. The third-order valence-corrected chi connectivity index (χ3v) is 5.49. The largest absolute Gasteiger partial charge is 0.383 e. The monoisotopic (exact) mass is 361 g/mol. The average molecular weight is 361 g/mol. The van der Waals surface area contributed by atoms with E-state index in [1.807, 2.05) is 10.9 Å². The minimum atomic E-state index is 0.0644. The lowest BCUT2D eigenvalue weighted by Gasteiger charge is -2.22. The van der Waals surface area contributed by atoms with Crippen molar-refractivity contribution in [3.63, 3.8) is 0 Å². The van der Waals surface area contributed by atoms with Crippen LogP contribution in [0.1, 0.15) is 43.2 Å². The first-order valence-corrected chi connectivity index (χ1v) is 9.70. The molecule has 1 saturated heterocycles. The molecule has 0 bridgehead atoms. The maximum atomic E-state index is 6.13. The zero-order valence-electron chi connectivity index (χ0n) is 15.3. The molecule has 0 spiro atoms. The summed E-state index contributed by atoms with van der Waals surface area (Å²) in [5, 5.41) is 4.50. The Morgan fingerprint density at radius 1 is 0.963 bits per heavy atom. The van der Waals surface area contributed by atoms with Gasteiger partial charge in [0, 0.05) is 35.2 Å². The van der Waals surface area contributed by atoms with E-state index < -0.39 is 0 Å². The molecule has 0 amide bonds. The van der Waals surface area contributed by atoms with Gasteiger partial charge in [-0.05, 0) is 44.1 Å². The van der Waals surface area contributed by atoms with Crippen molar-refractivity contribution < 1.29 is 4.74 Å². The van der Waals surface area contributed by atoms with Crippen molar-refractivity contribution in [1.29, 1.82) is 0 Å². The number of hydrogen-bond donors (Lipinski definition) is 1. The van der Waals surface area contributed by atoms with Gasteiger partial charge in [-0.15, -0.1) is 0 Å². The Kier molecular flexibility index (Phi) is 4.13. The Bertz CT molecular complexity index is 957. The molecule has 0 saturated carbocycles. The highest BCUT2D eigenvalue weighted by Crippen LogP contribution is 2.29. The lowest BCUT2D eigenvalue weighted by Crippen LogP contribution is -2.18. The number of anilines is 1. The molecule has 3 aromatic rings. The maximum absolute atomic E-state index is 6.13. The van der Waals surface area contributed by atoms with Gasteiger partial charge in [0.2, 0.25) is 0 Å². The van der Waals surface area contributed by atoms with Crippen LogP contribution >= 0.6 is 0 Å². The van der Waals surface area contributed by atoms with E-state index in [-0.39, 0.29) is 6.23 Å². The van der Waals surface area contributed by atoms with Crippen molar-refractivity contribution in [3.05, 3.63) is 47.9 Å². The van der Waals surface area contributed by atoms with Gasteiger partial charge in [-0.2, -0.15) is 5.10 Å². The Morgan fingerprint density at radius 2 is 1.81 bits per heavy atom. The van der Waals surface area contributed by atoms with E-state index in [0.717, 1.165) is 66.7 Å². The molecule has 1 unspecified atom stereocenters. The number of aryl methyl sites for hydroxylation is 1. The van der Waals surface area contributed by atoms with E-state index in [2.05, 4.69) is 40.5 Å². The van der Waals surface area contributed by atoms with Gasteiger partial charge < -0.3 is 10.5 Å². The summed E-state index contributed by atoms with van der Waals surface area (Å²) >= 11 is 0. The molecule has 0 radical (unpaired) electrons. The van der Waals surface area contributed by atoms with Crippen LogP contribution in [0.25, 0.3) is 22.5 Å². The molecular weight excluding hydrogens is 338 g/mol. The third-order valence-electron chi connectivity index (χ3n) is 5.49. The number of benzene rings is 1. The number of nitrogen functional groups attached to an aromatic ring is 1. The van der Waals surface area contributed by atoms with E-state index in [4.69, 9.17) is 15.5 Å². The zero-order chi connectivity index (χ0) is 18.2. The number of aromatic nitrogens is 4. The van der Waals surface area contributed by atoms with Gasteiger partial charge in [0.05, 0.1) is 6.20 Å². The topological polar surface area (TPSA) is 78.8 Å². The number of hydrogen-bond acceptors (Lipinski definition) is 5. The maximum Gasteiger partial charge on any atom is 0.161 e.